The average molecular weight is 297 g/mol. The molecule has 3 aromatic rings. The summed E-state index contributed by atoms with van der Waals surface area (Å²) in [6.45, 7) is 0. The molecule has 1 aromatic carbocycles. The van der Waals surface area contributed by atoms with Gasteiger partial charge in [0.1, 0.15) is 17.0 Å². The van der Waals surface area contributed by atoms with E-state index < -0.39 is 11.7 Å². The fraction of sp³-hybridized carbons (Fsp3) is 0. The number of nitrogens with zero attached hydrogens (tertiary/aromatic N) is 1. The molecule has 0 bridgehead atoms. The molecule has 2 aromatic heterocycles. The van der Waals surface area contributed by atoms with E-state index in [0.717, 1.165) is 11.3 Å². The van der Waals surface area contributed by atoms with Gasteiger partial charge in [0.15, 0.2) is 5.82 Å². The van der Waals surface area contributed by atoms with E-state index in [9.17, 15) is 9.18 Å². The minimum Gasteiger partial charge on any atom is -0.363 e. The minimum atomic E-state index is -0.445. The van der Waals surface area contributed by atoms with E-state index in [1.165, 1.54) is 18.4 Å². The Bertz CT molecular complexity index is 755. The predicted molar refractivity (Wildman–Crippen MR) is 71.2 cm³/mol. The van der Waals surface area contributed by atoms with Gasteiger partial charge in [-0.1, -0.05) is 22.8 Å². The zero-order valence-electron chi connectivity index (χ0n) is 9.31. The molecule has 3 rings (SSSR count). The van der Waals surface area contributed by atoms with Crippen molar-refractivity contribution >= 4 is 44.7 Å². The predicted octanol–water partition coefficient (Wildman–Crippen LogP) is 3.93. The summed E-state index contributed by atoms with van der Waals surface area (Å²) in [5.74, 6) is -0.613. The fourth-order valence-corrected chi connectivity index (χ4v) is 3.12. The molecule has 1 N–H and O–H groups in total. The Labute approximate surface area is 115 Å². The smallest absolute Gasteiger partial charge is 0.268 e. The molecule has 1 amide bonds. The molecule has 0 spiro atoms. The Balaban J connectivity index is 2.03. The van der Waals surface area contributed by atoms with Gasteiger partial charge in [0, 0.05) is 16.2 Å². The van der Waals surface area contributed by atoms with E-state index in [4.69, 9.17) is 11.6 Å². The Hall–Kier alpha value is -1.92. The van der Waals surface area contributed by atoms with Crippen molar-refractivity contribution in [1.29, 1.82) is 0 Å². The molecule has 0 fully saturated rings. The molecule has 0 aliphatic rings. The van der Waals surface area contributed by atoms with Crippen molar-refractivity contribution in [3.63, 3.8) is 0 Å². The monoisotopic (exact) mass is 296 g/mol. The first-order valence-electron chi connectivity index (χ1n) is 5.25. The lowest BCUT2D eigenvalue weighted by molar-refractivity contribution is 0.103. The van der Waals surface area contributed by atoms with Gasteiger partial charge in [-0.25, -0.2) is 4.39 Å². The van der Waals surface area contributed by atoms with Crippen LogP contribution in [0.5, 0.6) is 0 Å². The molecule has 0 saturated heterocycles. The number of halogens is 2. The normalized spacial score (nSPS) is 10.8. The van der Waals surface area contributed by atoms with Gasteiger partial charge in [-0.15, -0.1) is 11.3 Å². The van der Waals surface area contributed by atoms with Gasteiger partial charge >= 0.3 is 0 Å². The van der Waals surface area contributed by atoms with Gasteiger partial charge in [-0.05, 0) is 12.1 Å². The number of nitrogens with one attached hydrogen (secondary N) is 1. The summed E-state index contributed by atoms with van der Waals surface area (Å²) in [5, 5.41) is 6.46. The van der Waals surface area contributed by atoms with Crippen LogP contribution in [0.3, 0.4) is 0 Å². The van der Waals surface area contributed by atoms with Crippen molar-refractivity contribution in [2.24, 2.45) is 0 Å². The Kier molecular flexibility index (Phi) is 2.96. The minimum absolute atomic E-state index is 0.110. The maximum atomic E-state index is 13.7. The molecule has 4 nitrogen and oxygen atoms in total. The zero-order valence-corrected chi connectivity index (χ0v) is 10.9. The van der Waals surface area contributed by atoms with Crippen molar-refractivity contribution in [3.05, 3.63) is 46.2 Å². The van der Waals surface area contributed by atoms with Crippen LogP contribution in [0.1, 0.15) is 9.67 Å². The van der Waals surface area contributed by atoms with Crippen LogP contribution < -0.4 is 5.32 Å². The molecular weight excluding hydrogens is 291 g/mol. The van der Waals surface area contributed by atoms with Crippen LogP contribution in [-0.4, -0.2) is 11.1 Å². The molecule has 0 atom stereocenters. The van der Waals surface area contributed by atoms with Crippen LogP contribution in [0.2, 0.25) is 5.02 Å². The first-order valence-corrected chi connectivity index (χ1v) is 6.44. The second-order valence-electron chi connectivity index (χ2n) is 3.70. The van der Waals surface area contributed by atoms with Crippen molar-refractivity contribution < 1.29 is 13.7 Å². The number of benzene rings is 1. The summed E-state index contributed by atoms with van der Waals surface area (Å²) < 4.78 is 18.9. The average Bonchev–Trinajstić information content (AvgIpc) is 2.98. The van der Waals surface area contributed by atoms with Crippen LogP contribution in [0.25, 0.3) is 10.1 Å². The molecule has 0 aliphatic carbocycles. The topological polar surface area (TPSA) is 55.1 Å². The van der Waals surface area contributed by atoms with Crippen LogP contribution in [-0.2, 0) is 0 Å². The Morgan fingerprint density at radius 1 is 1.42 bits per heavy atom. The van der Waals surface area contributed by atoms with Crippen molar-refractivity contribution in [2.75, 3.05) is 5.32 Å². The van der Waals surface area contributed by atoms with Crippen molar-refractivity contribution in [2.45, 2.75) is 0 Å². The number of carbonyl (C=O) groups is 1. The molecule has 0 saturated carbocycles. The van der Waals surface area contributed by atoms with E-state index >= 15 is 0 Å². The third-order valence-electron chi connectivity index (χ3n) is 2.49. The van der Waals surface area contributed by atoms with Crippen LogP contribution >= 0.6 is 22.9 Å². The summed E-state index contributed by atoms with van der Waals surface area (Å²) >= 11 is 7.19. The maximum absolute atomic E-state index is 13.7. The van der Waals surface area contributed by atoms with E-state index in [1.807, 2.05) is 0 Å². The van der Waals surface area contributed by atoms with Crippen LogP contribution in [0.15, 0.2) is 35.1 Å². The molecule has 2 heterocycles. The fourth-order valence-electron chi connectivity index (χ4n) is 1.67. The van der Waals surface area contributed by atoms with Crippen LogP contribution in [0, 0.1) is 5.82 Å². The summed E-state index contributed by atoms with van der Waals surface area (Å²) in [7, 11) is 0. The Morgan fingerprint density at radius 3 is 2.95 bits per heavy atom. The SMILES string of the molecule is O=C(Nc1ccon1)c1sc2cccc(F)c2c1Cl. The quantitative estimate of drug-likeness (QED) is 0.779. The molecule has 0 unspecified atom stereocenters. The number of amides is 1. The van der Waals surface area contributed by atoms with Gasteiger partial charge in [0.2, 0.25) is 0 Å². The standard InChI is InChI=1S/C12H6ClFN2O2S/c13-10-9-6(14)2-1-3-7(9)19-11(10)12(17)15-8-4-5-18-16-8/h1-5H,(H,15,16,17). The number of anilines is 1. The van der Waals surface area contributed by atoms with E-state index in [-0.39, 0.29) is 21.1 Å². The molecule has 19 heavy (non-hydrogen) atoms. The largest absolute Gasteiger partial charge is 0.363 e. The molecule has 7 heteroatoms. The second-order valence-corrected chi connectivity index (χ2v) is 5.13. The number of hydrogen-bond acceptors (Lipinski definition) is 4. The summed E-state index contributed by atoms with van der Waals surface area (Å²) in [6, 6.07) is 6.09. The van der Waals surface area contributed by atoms with E-state index in [0.29, 0.717) is 4.70 Å². The third kappa shape index (κ3) is 2.09. The lowest BCUT2D eigenvalue weighted by Gasteiger charge is -1.98. The van der Waals surface area contributed by atoms with Gasteiger partial charge in [-0.3, -0.25) is 4.79 Å². The highest BCUT2D eigenvalue weighted by atomic mass is 35.5. The lowest BCUT2D eigenvalue weighted by atomic mass is 10.2. The van der Waals surface area contributed by atoms with Crippen molar-refractivity contribution in [3.8, 4) is 0 Å². The molecule has 0 aliphatic heterocycles. The number of aromatic nitrogens is 1. The Morgan fingerprint density at radius 2 is 2.26 bits per heavy atom. The number of hydrogen-bond donors (Lipinski definition) is 1. The highest BCUT2D eigenvalue weighted by Gasteiger charge is 2.19. The molecule has 96 valence electrons. The number of carbonyl (C=O) groups excluding carboxylic acids is 1. The highest BCUT2D eigenvalue weighted by molar-refractivity contribution is 7.21. The van der Waals surface area contributed by atoms with E-state index in [2.05, 4.69) is 15.0 Å². The lowest BCUT2D eigenvalue weighted by Crippen LogP contribution is -2.10. The molecular formula is C12H6ClFN2O2S. The van der Waals surface area contributed by atoms with Crippen LogP contribution in [0.4, 0.5) is 10.2 Å². The highest BCUT2D eigenvalue weighted by Crippen LogP contribution is 2.37. The summed E-state index contributed by atoms with van der Waals surface area (Å²) in [5.41, 5.74) is 0. The van der Waals surface area contributed by atoms with Gasteiger partial charge < -0.3 is 9.84 Å². The zero-order chi connectivity index (χ0) is 13.4. The number of fused-ring (bicyclic) bond motifs is 1. The summed E-state index contributed by atoms with van der Waals surface area (Å²) in [6.07, 6.45) is 1.34. The first kappa shape index (κ1) is 12.1. The molecule has 0 radical (unpaired) electrons. The second kappa shape index (κ2) is 4.64. The first-order chi connectivity index (χ1) is 9.16. The van der Waals surface area contributed by atoms with E-state index in [1.54, 1.807) is 12.1 Å². The maximum Gasteiger partial charge on any atom is 0.268 e. The number of thiophene rings is 1. The van der Waals surface area contributed by atoms with Gasteiger partial charge in [0.05, 0.1) is 5.02 Å². The van der Waals surface area contributed by atoms with Crippen molar-refractivity contribution in [1.82, 2.24) is 5.16 Å². The number of rotatable bonds is 2. The third-order valence-corrected chi connectivity index (χ3v) is 4.14. The van der Waals surface area contributed by atoms with Gasteiger partial charge in [-0.2, -0.15) is 0 Å². The van der Waals surface area contributed by atoms with Gasteiger partial charge in [0.25, 0.3) is 5.91 Å². The summed E-state index contributed by atoms with van der Waals surface area (Å²) in [4.78, 5) is 12.3.